The van der Waals surface area contributed by atoms with Gasteiger partial charge >= 0.3 is 0 Å². The average Bonchev–Trinajstić information content (AvgIpc) is 2.55. The lowest BCUT2D eigenvalue weighted by atomic mass is 10.1. The van der Waals surface area contributed by atoms with Gasteiger partial charge in [0.05, 0.1) is 13.2 Å². The van der Waals surface area contributed by atoms with Crippen molar-refractivity contribution < 1.29 is 9.53 Å². The summed E-state index contributed by atoms with van der Waals surface area (Å²) >= 11 is 3.35. The Kier molecular flexibility index (Phi) is 6.59. The van der Waals surface area contributed by atoms with Crippen molar-refractivity contribution in [3.05, 3.63) is 39.9 Å². The monoisotopic (exact) mass is 363 g/mol. The molecule has 0 atom stereocenters. The molecule has 1 aliphatic heterocycles. The third kappa shape index (κ3) is 5.26. The molecule has 1 aromatic rings. The van der Waals surface area contributed by atoms with E-state index in [1.54, 1.807) is 6.08 Å². The molecule has 5 nitrogen and oxygen atoms in total. The number of nitriles is 1. The van der Waals surface area contributed by atoms with Gasteiger partial charge in [0, 0.05) is 30.7 Å². The van der Waals surface area contributed by atoms with Gasteiger partial charge < -0.3 is 10.1 Å². The lowest BCUT2D eigenvalue weighted by molar-refractivity contribution is -0.117. The highest BCUT2D eigenvalue weighted by Gasteiger charge is 2.12. The molecule has 1 heterocycles. The van der Waals surface area contributed by atoms with Gasteiger partial charge in [-0.2, -0.15) is 5.26 Å². The maximum absolute atomic E-state index is 12.0. The number of hydrogen-bond donors (Lipinski definition) is 1. The smallest absolute Gasteiger partial charge is 0.261 e. The Hall–Kier alpha value is -1.68. The molecule has 22 heavy (non-hydrogen) atoms. The molecule has 0 bridgehead atoms. The molecule has 0 radical (unpaired) electrons. The van der Waals surface area contributed by atoms with Crippen LogP contribution in [0.1, 0.15) is 5.56 Å². The number of benzene rings is 1. The molecule has 0 spiro atoms. The van der Waals surface area contributed by atoms with E-state index in [9.17, 15) is 4.79 Å². The van der Waals surface area contributed by atoms with Gasteiger partial charge in [-0.25, -0.2) is 0 Å². The minimum atomic E-state index is -0.335. The van der Waals surface area contributed by atoms with E-state index in [-0.39, 0.29) is 11.5 Å². The van der Waals surface area contributed by atoms with E-state index in [2.05, 4.69) is 26.1 Å². The molecule has 1 N–H and O–H groups in total. The highest BCUT2D eigenvalue weighted by atomic mass is 79.9. The van der Waals surface area contributed by atoms with Gasteiger partial charge in [0.2, 0.25) is 0 Å². The quantitative estimate of drug-likeness (QED) is 0.639. The first-order valence-electron chi connectivity index (χ1n) is 7.15. The molecular formula is C16H18BrN3O2. The van der Waals surface area contributed by atoms with Crippen LogP contribution < -0.4 is 5.32 Å². The minimum absolute atomic E-state index is 0.115. The Morgan fingerprint density at radius 3 is 2.68 bits per heavy atom. The minimum Gasteiger partial charge on any atom is -0.379 e. The predicted molar refractivity (Wildman–Crippen MR) is 88.0 cm³/mol. The molecule has 0 aliphatic carbocycles. The number of hydrogen-bond acceptors (Lipinski definition) is 4. The van der Waals surface area contributed by atoms with Crippen molar-refractivity contribution in [2.45, 2.75) is 0 Å². The summed E-state index contributed by atoms with van der Waals surface area (Å²) in [5.41, 5.74) is 0.937. The molecule has 1 aliphatic rings. The fraction of sp³-hybridized carbons (Fsp3) is 0.375. The second-order valence-electron chi connectivity index (χ2n) is 4.93. The second-order valence-corrected chi connectivity index (χ2v) is 5.85. The molecule has 1 amide bonds. The Balaban J connectivity index is 1.86. The molecule has 6 heteroatoms. The Morgan fingerprint density at radius 1 is 1.36 bits per heavy atom. The topological polar surface area (TPSA) is 65.4 Å². The molecule has 116 valence electrons. The van der Waals surface area contributed by atoms with Crippen molar-refractivity contribution in [1.82, 2.24) is 10.2 Å². The van der Waals surface area contributed by atoms with Gasteiger partial charge in [-0.1, -0.05) is 28.1 Å². The number of amides is 1. The summed E-state index contributed by atoms with van der Waals surface area (Å²) < 4.78 is 6.23. The van der Waals surface area contributed by atoms with E-state index in [0.717, 1.165) is 42.9 Å². The van der Waals surface area contributed by atoms with Crippen LogP contribution in [0.4, 0.5) is 0 Å². The third-order valence-electron chi connectivity index (χ3n) is 3.36. The van der Waals surface area contributed by atoms with E-state index < -0.39 is 0 Å². The Bertz CT molecular complexity index is 572. The SMILES string of the molecule is N#C/C(=C\c1ccc(Br)cc1)C(=O)NCCN1CCOCC1. The number of halogens is 1. The fourth-order valence-corrected chi connectivity index (χ4v) is 2.39. The zero-order chi connectivity index (χ0) is 15.8. The van der Waals surface area contributed by atoms with Gasteiger partial charge in [-0.3, -0.25) is 9.69 Å². The first kappa shape index (κ1) is 16.7. The van der Waals surface area contributed by atoms with Gasteiger partial charge in [0.1, 0.15) is 11.6 Å². The van der Waals surface area contributed by atoms with Crippen molar-refractivity contribution in [2.24, 2.45) is 0 Å². The van der Waals surface area contributed by atoms with Crippen molar-refractivity contribution in [3.8, 4) is 6.07 Å². The summed E-state index contributed by atoms with van der Waals surface area (Å²) in [5, 5.41) is 11.9. The van der Waals surface area contributed by atoms with Crippen LogP contribution in [0.25, 0.3) is 6.08 Å². The normalized spacial score (nSPS) is 16.1. The van der Waals surface area contributed by atoms with Crippen LogP contribution in [-0.2, 0) is 9.53 Å². The number of carbonyl (C=O) groups is 1. The summed E-state index contributed by atoms with van der Waals surface area (Å²) in [6.07, 6.45) is 1.59. The summed E-state index contributed by atoms with van der Waals surface area (Å²) in [6, 6.07) is 9.40. The molecule has 0 aromatic heterocycles. The molecule has 0 unspecified atom stereocenters. The summed E-state index contributed by atoms with van der Waals surface area (Å²) in [7, 11) is 0. The Labute approximate surface area is 138 Å². The standard InChI is InChI=1S/C16H18BrN3O2/c17-15-3-1-13(2-4-15)11-14(12-18)16(21)19-5-6-20-7-9-22-10-8-20/h1-4,11H,5-10H2,(H,19,21)/b14-11+. The van der Waals surface area contributed by atoms with Crippen molar-refractivity contribution in [2.75, 3.05) is 39.4 Å². The van der Waals surface area contributed by atoms with Crippen molar-refractivity contribution in [3.63, 3.8) is 0 Å². The molecule has 1 aromatic carbocycles. The highest BCUT2D eigenvalue weighted by molar-refractivity contribution is 9.10. The molecule has 1 saturated heterocycles. The number of rotatable bonds is 5. The first-order chi connectivity index (χ1) is 10.7. The van der Waals surface area contributed by atoms with E-state index in [4.69, 9.17) is 10.00 Å². The molecule has 0 saturated carbocycles. The number of nitrogens with one attached hydrogen (secondary N) is 1. The van der Waals surface area contributed by atoms with Crippen molar-refractivity contribution in [1.29, 1.82) is 5.26 Å². The fourth-order valence-electron chi connectivity index (χ4n) is 2.12. The van der Waals surface area contributed by atoms with Gasteiger partial charge in [0.15, 0.2) is 0 Å². The zero-order valence-corrected chi connectivity index (χ0v) is 13.8. The highest BCUT2D eigenvalue weighted by Crippen LogP contribution is 2.13. The number of ether oxygens (including phenoxy) is 1. The number of carbonyl (C=O) groups excluding carboxylic acids is 1. The van der Waals surface area contributed by atoms with Crippen LogP contribution in [0.2, 0.25) is 0 Å². The molecule has 1 fully saturated rings. The summed E-state index contributed by atoms with van der Waals surface area (Å²) in [5.74, 6) is -0.335. The predicted octanol–water partition coefficient (Wildman–Crippen LogP) is 1.80. The summed E-state index contributed by atoms with van der Waals surface area (Å²) in [6.45, 7) is 4.54. The maximum atomic E-state index is 12.0. The lowest BCUT2D eigenvalue weighted by Gasteiger charge is -2.26. The number of nitrogens with zero attached hydrogens (tertiary/aromatic N) is 2. The van der Waals surface area contributed by atoms with Gasteiger partial charge in [0.25, 0.3) is 5.91 Å². The molecular weight excluding hydrogens is 346 g/mol. The van der Waals surface area contributed by atoms with Crippen molar-refractivity contribution >= 4 is 27.9 Å². The van der Waals surface area contributed by atoms with Gasteiger partial charge in [-0.05, 0) is 23.8 Å². The first-order valence-corrected chi connectivity index (χ1v) is 7.94. The summed E-state index contributed by atoms with van der Waals surface area (Å²) in [4.78, 5) is 14.3. The van der Waals surface area contributed by atoms with Crippen LogP contribution >= 0.6 is 15.9 Å². The maximum Gasteiger partial charge on any atom is 0.261 e. The van der Waals surface area contributed by atoms with E-state index in [1.807, 2.05) is 30.3 Å². The van der Waals surface area contributed by atoms with E-state index >= 15 is 0 Å². The Morgan fingerprint density at radius 2 is 2.05 bits per heavy atom. The van der Waals surface area contributed by atoms with Gasteiger partial charge in [-0.15, -0.1) is 0 Å². The molecule has 2 rings (SSSR count). The average molecular weight is 364 g/mol. The third-order valence-corrected chi connectivity index (χ3v) is 3.89. The van der Waals surface area contributed by atoms with Crippen LogP contribution in [0, 0.1) is 11.3 Å². The lowest BCUT2D eigenvalue weighted by Crippen LogP contribution is -2.41. The van der Waals surface area contributed by atoms with E-state index in [1.165, 1.54) is 0 Å². The second kappa shape index (κ2) is 8.69. The largest absolute Gasteiger partial charge is 0.379 e. The van der Waals surface area contributed by atoms with Crippen LogP contribution in [0.5, 0.6) is 0 Å². The van der Waals surface area contributed by atoms with Crippen LogP contribution in [0.3, 0.4) is 0 Å². The zero-order valence-electron chi connectivity index (χ0n) is 12.2. The number of morpholine rings is 1. The van der Waals surface area contributed by atoms with Crippen LogP contribution in [0.15, 0.2) is 34.3 Å². The van der Waals surface area contributed by atoms with E-state index in [0.29, 0.717) is 6.54 Å². The van der Waals surface area contributed by atoms with Crippen LogP contribution in [-0.4, -0.2) is 50.2 Å².